The van der Waals surface area contributed by atoms with Gasteiger partial charge < -0.3 is 5.73 Å². The number of rotatable bonds is 4. The third kappa shape index (κ3) is 1.96. The highest BCUT2D eigenvalue weighted by molar-refractivity contribution is 5.09. The number of nitrogen functional groups attached to an aromatic ring is 1. The molecule has 1 fully saturated rings. The Balaban J connectivity index is 1.71. The van der Waals surface area contributed by atoms with Gasteiger partial charge >= 0.3 is 0 Å². The van der Waals surface area contributed by atoms with E-state index in [-0.39, 0.29) is 0 Å². The zero-order valence-corrected chi connectivity index (χ0v) is 7.11. The molecule has 12 heavy (non-hydrogen) atoms. The second-order valence-corrected chi connectivity index (χ2v) is 3.45. The van der Waals surface area contributed by atoms with Crippen molar-refractivity contribution in [3.63, 3.8) is 0 Å². The predicted octanol–water partition coefficient (Wildman–Crippen LogP) is 1.05. The minimum Gasteiger partial charge on any atom is -0.367 e. The van der Waals surface area contributed by atoms with Crippen LogP contribution in [0, 0.1) is 5.92 Å². The number of nitrogens with two attached hydrogens (primary N) is 1. The van der Waals surface area contributed by atoms with Crippen molar-refractivity contribution in [2.45, 2.75) is 32.2 Å². The van der Waals surface area contributed by atoms with Crippen LogP contribution in [-0.4, -0.2) is 14.8 Å². The van der Waals surface area contributed by atoms with Crippen LogP contribution in [0.1, 0.15) is 25.7 Å². The Labute approximate surface area is 71.8 Å². The fourth-order valence-electron chi connectivity index (χ4n) is 1.37. The molecule has 1 aromatic rings. The van der Waals surface area contributed by atoms with E-state index in [4.69, 9.17) is 5.73 Å². The first-order valence-corrected chi connectivity index (χ1v) is 4.49. The van der Waals surface area contributed by atoms with Gasteiger partial charge in [-0.05, 0) is 18.8 Å². The molecule has 0 aliphatic heterocycles. The van der Waals surface area contributed by atoms with E-state index in [1.54, 1.807) is 6.33 Å². The minimum absolute atomic E-state index is 0.376. The molecule has 0 atom stereocenters. The summed E-state index contributed by atoms with van der Waals surface area (Å²) in [6, 6.07) is 0. The Hall–Kier alpha value is -1.06. The summed E-state index contributed by atoms with van der Waals surface area (Å²) in [5.74, 6) is 1.38. The van der Waals surface area contributed by atoms with Crippen LogP contribution in [0.5, 0.6) is 0 Å². The van der Waals surface area contributed by atoms with Crippen LogP contribution >= 0.6 is 0 Å². The average molecular weight is 166 g/mol. The van der Waals surface area contributed by atoms with Gasteiger partial charge in [0.25, 0.3) is 0 Å². The van der Waals surface area contributed by atoms with Gasteiger partial charge in [-0.2, -0.15) is 0 Å². The average Bonchev–Trinajstić information content (AvgIpc) is 2.76. The van der Waals surface area contributed by atoms with Crippen molar-refractivity contribution in [1.82, 2.24) is 14.8 Å². The molecular weight excluding hydrogens is 152 g/mol. The van der Waals surface area contributed by atoms with Crippen LogP contribution in [0.2, 0.25) is 0 Å². The predicted molar refractivity (Wildman–Crippen MR) is 46.4 cm³/mol. The van der Waals surface area contributed by atoms with Crippen molar-refractivity contribution in [3.05, 3.63) is 6.33 Å². The number of nitrogens with zero attached hydrogens (tertiary/aromatic N) is 3. The van der Waals surface area contributed by atoms with Crippen LogP contribution in [0.25, 0.3) is 0 Å². The highest BCUT2D eigenvalue weighted by Crippen LogP contribution is 2.33. The lowest BCUT2D eigenvalue weighted by Crippen LogP contribution is -1.99. The lowest BCUT2D eigenvalue weighted by Gasteiger charge is -1.98. The van der Waals surface area contributed by atoms with Gasteiger partial charge in [-0.15, -0.1) is 5.10 Å². The van der Waals surface area contributed by atoms with E-state index in [9.17, 15) is 0 Å². The summed E-state index contributed by atoms with van der Waals surface area (Å²) in [6.45, 7) is 0.959. The molecule has 1 aliphatic rings. The standard InChI is InChI=1S/C8H14N4/c9-8-10-6-12(11-8)5-1-2-7-3-4-7/h6-7H,1-5H2,(H2,9,11). The number of anilines is 1. The molecule has 0 saturated heterocycles. The second kappa shape index (κ2) is 3.13. The smallest absolute Gasteiger partial charge is 0.239 e. The van der Waals surface area contributed by atoms with Gasteiger partial charge in [0.2, 0.25) is 5.95 Å². The van der Waals surface area contributed by atoms with Crippen LogP contribution in [0.3, 0.4) is 0 Å². The van der Waals surface area contributed by atoms with E-state index in [2.05, 4.69) is 10.1 Å². The fourth-order valence-corrected chi connectivity index (χ4v) is 1.37. The Bertz CT molecular complexity index is 251. The van der Waals surface area contributed by atoms with E-state index in [1.807, 2.05) is 4.68 Å². The Morgan fingerprint density at radius 2 is 2.42 bits per heavy atom. The molecule has 2 N–H and O–H groups in total. The summed E-state index contributed by atoms with van der Waals surface area (Å²) in [5.41, 5.74) is 5.38. The molecule has 1 aliphatic carbocycles. The van der Waals surface area contributed by atoms with Crippen molar-refractivity contribution >= 4 is 5.95 Å². The van der Waals surface area contributed by atoms with Crippen molar-refractivity contribution in [2.75, 3.05) is 5.73 Å². The normalized spacial score (nSPS) is 16.7. The molecule has 0 unspecified atom stereocenters. The molecule has 1 aromatic heterocycles. The van der Waals surface area contributed by atoms with E-state index in [1.165, 1.54) is 25.7 Å². The molecule has 66 valence electrons. The quantitative estimate of drug-likeness (QED) is 0.727. The van der Waals surface area contributed by atoms with Gasteiger partial charge in [0.05, 0.1) is 0 Å². The van der Waals surface area contributed by atoms with Crippen molar-refractivity contribution in [1.29, 1.82) is 0 Å². The Kier molecular flexibility index (Phi) is 1.98. The third-order valence-electron chi connectivity index (χ3n) is 2.25. The summed E-state index contributed by atoms with van der Waals surface area (Å²) in [6.07, 6.45) is 7.09. The van der Waals surface area contributed by atoms with E-state index in [0.29, 0.717) is 5.95 Å². The molecular formula is C8H14N4. The maximum absolute atomic E-state index is 5.38. The van der Waals surface area contributed by atoms with E-state index in [0.717, 1.165) is 12.5 Å². The van der Waals surface area contributed by atoms with E-state index >= 15 is 0 Å². The summed E-state index contributed by atoms with van der Waals surface area (Å²) in [4.78, 5) is 3.86. The van der Waals surface area contributed by atoms with Gasteiger partial charge in [-0.25, -0.2) is 4.98 Å². The SMILES string of the molecule is Nc1ncn(CCCC2CC2)n1. The summed E-state index contributed by atoms with van der Waals surface area (Å²) >= 11 is 0. The molecule has 0 spiro atoms. The van der Waals surface area contributed by atoms with Gasteiger partial charge in [0, 0.05) is 6.54 Å². The molecule has 0 bridgehead atoms. The Morgan fingerprint density at radius 1 is 1.58 bits per heavy atom. The molecule has 4 heteroatoms. The zero-order valence-electron chi connectivity index (χ0n) is 7.11. The molecule has 0 aromatic carbocycles. The van der Waals surface area contributed by atoms with Crippen molar-refractivity contribution in [3.8, 4) is 0 Å². The number of hydrogen-bond acceptors (Lipinski definition) is 3. The highest BCUT2D eigenvalue weighted by Gasteiger charge is 2.20. The molecule has 4 nitrogen and oxygen atoms in total. The number of aromatic nitrogens is 3. The van der Waals surface area contributed by atoms with Crippen molar-refractivity contribution < 1.29 is 0 Å². The third-order valence-corrected chi connectivity index (χ3v) is 2.25. The topological polar surface area (TPSA) is 56.7 Å². The maximum Gasteiger partial charge on any atom is 0.239 e. The summed E-state index contributed by atoms with van der Waals surface area (Å²) in [7, 11) is 0. The molecule has 0 radical (unpaired) electrons. The zero-order chi connectivity index (χ0) is 8.39. The van der Waals surface area contributed by atoms with Crippen LogP contribution in [0.15, 0.2) is 6.33 Å². The fraction of sp³-hybridized carbons (Fsp3) is 0.750. The number of hydrogen-bond donors (Lipinski definition) is 1. The summed E-state index contributed by atoms with van der Waals surface area (Å²) < 4.78 is 1.82. The van der Waals surface area contributed by atoms with Crippen molar-refractivity contribution in [2.24, 2.45) is 5.92 Å². The lowest BCUT2D eigenvalue weighted by molar-refractivity contribution is 0.536. The van der Waals surface area contributed by atoms with Crippen LogP contribution < -0.4 is 5.73 Å². The van der Waals surface area contributed by atoms with Crippen LogP contribution in [0.4, 0.5) is 5.95 Å². The lowest BCUT2D eigenvalue weighted by atomic mass is 10.2. The van der Waals surface area contributed by atoms with Crippen LogP contribution in [-0.2, 0) is 6.54 Å². The van der Waals surface area contributed by atoms with Gasteiger partial charge in [0.1, 0.15) is 6.33 Å². The summed E-state index contributed by atoms with van der Waals surface area (Å²) in [5, 5.41) is 4.01. The Morgan fingerprint density at radius 3 is 3.00 bits per heavy atom. The van der Waals surface area contributed by atoms with E-state index < -0.39 is 0 Å². The largest absolute Gasteiger partial charge is 0.367 e. The molecule has 1 saturated carbocycles. The molecule has 2 rings (SSSR count). The maximum atomic E-state index is 5.38. The molecule has 0 amide bonds. The number of aryl methyl sites for hydroxylation is 1. The first-order chi connectivity index (χ1) is 5.84. The first kappa shape index (κ1) is 7.58. The monoisotopic (exact) mass is 166 g/mol. The van der Waals surface area contributed by atoms with Gasteiger partial charge in [-0.3, -0.25) is 4.68 Å². The minimum atomic E-state index is 0.376. The second-order valence-electron chi connectivity index (χ2n) is 3.45. The highest BCUT2D eigenvalue weighted by atomic mass is 15.3. The van der Waals surface area contributed by atoms with Gasteiger partial charge in [-0.1, -0.05) is 12.8 Å². The van der Waals surface area contributed by atoms with Gasteiger partial charge in [0.15, 0.2) is 0 Å². The first-order valence-electron chi connectivity index (χ1n) is 4.49. The molecule has 1 heterocycles.